The number of aromatic nitrogens is 2. The third-order valence-corrected chi connectivity index (χ3v) is 5.66. The van der Waals surface area contributed by atoms with Crippen molar-refractivity contribution in [1.82, 2.24) is 9.97 Å². The van der Waals surface area contributed by atoms with Crippen LogP contribution in [0, 0.1) is 10.1 Å². The number of hydrogen-bond donors (Lipinski definition) is 1. The average molecular weight is 446 g/mol. The van der Waals surface area contributed by atoms with Crippen molar-refractivity contribution in [3.63, 3.8) is 0 Å². The molecule has 4 aromatic rings. The fourth-order valence-corrected chi connectivity index (χ4v) is 4.02. The maximum Gasteiger partial charge on any atom is 0.293 e. The SMILES string of the molecule is CN(C)c1ccc(C(=O)Nc2cccc(-c3csc(-c4ccncc4)n3)c2)cc1[N+](=O)[O-]. The Bertz CT molecular complexity index is 1290. The van der Waals surface area contributed by atoms with Gasteiger partial charge in [-0.05, 0) is 36.4 Å². The van der Waals surface area contributed by atoms with Crippen LogP contribution in [0.2, 0.25) is 0 Å². The summed E-state index contributed by atoms with van der Waals surface area (Å²) in [5.74, 6) is -0.425. The summed E-state index contributed by atoms with van der Waals surface area (Å²) in [5.41, 5.74) is 3.73. The van der Waals surface area contributed by atoms with Gasteiger partial charge in [0.2, 0.25) is 0 Å². The van der Waals surface area contributed by atoms with Crippen molar-refractivity contribution < 1.29 is 9.72 Å². The van der Waals surface area contributed by atoms with E-state index >= 15 is 0 Å². The number of amides is 1. The van der Waals surface area contributed by atoms with Gasteiger partial charge in [-0.3, -0.25) is 19.9 Å². The molecule has 4 rings (SSSR count). The lowest BCUT2D eigenvalue weighted by molar-refractivity contribution is -0.384. The largest absolute Gasteiger partial charge is 0.372 e. The summed E-state index contributed by atoms with van der Waals surface area (Å²) in [5, 5.41) is 17.1. The zero-order valence-electron chi connectivity index (χ0n) is 17.4. The number of nitro benzene ring substituents is 1. The second kappa shape index (κ2) is 8.94. The van der Waals surface area contributed by atoms with Crippen LogP contribution in [0.25, 0.3) is 21.8 Å². The molecular weight excluding hydrogens is 426 g/mol. The molecule has 2 heterocycles. The normalized spacial score (nSPS) is 10.6. The summed E-state index contributed by atoms with van der Waals surface area (Å²) in [4.78, 5) is 34.0. The quantitative estimate of drug-likeness (QED) is 0.327. The first kappa shape index (κ1) is 21.1. The highest BCUT2D eigenvalue weighted by Gasteiger charge is 2.19. The molecule has 0 fully saturated rings. The van der Waals surface area contributed by atoms with Gasteiger partial charge < -0.3 is 10.2 Å². The minimum Gasteiger partial charge on any atom is -0.372 e. The molecule has 1 amide bonds. The van der Waals surface area contributed by atoms with Crippen LogP contribution in [-0.2, 0) is 0 Å². The molecule has 2 aromatic carbocycles. The highest BCUT2D eigenvalue weighted by molar-refractivity contribution is 7.13. The van der Waals surface area contributed by atoms with Crippen LogP contribution in [0.1, 0.15) is 10.4 Å². The molecule has 160 valence electrons. The summed E-state index contributed by atoms with van der Waals surface area (Å²) < 4.78 is 0. The van der Waals surface area contributed by atoms with Crippen LogP contribution < -0.4 is 10.2 Å². The van der Waals surface area contributed by atoms with Gasteiger partial charge in [-0.25, -0.2) is 4.98 Å². The molecule has 0 spiro atoms. The van der Waals surface area contributed by atoms with Gasteiger partial charge >= 0.3 is 0 Å². The monoisotopic (exact) mass is 445 g/mol. The van der Waals surface area contributed by atoms with Crippen molar-refractivity contribution in [2.75, 3.05) is 24.3 Å². The maximum absolute atomic E-state index is 12.7. The van der Waals surface area contributed by atoms with Crippen molar-refractivity contribution in [3.8, 4) is 21.8 Å². The molecule has 0 aliphatic heterocycles. The van der Waals surface area contributed by atoms with Crippen molar-refractivity contribution >= 4 is 34.3 Å². The van der Waals surface area contributed by atoms with Gasteiger partial charge in [0, 0.05) is 60.3 Å². The number of pyridine rings is 1. The molecule has 0 radical (unpaired) electrons. The number of carbonyl (C=O) groups is 1. The fraction of sp³-hybridized carbons (Fsp3) is 0.0870. The second-order valence-corrected chi connectivity index (χ2v) is 8.02. The van der Waals surface area contributed by atoms with E-state index in [0.717, 1.165) is 21.8 Å². The van der Waals surface area contributed by atoms with Crippen LogP contribution in [0.3, 0.4) is 0 Å². The van der Waals surface area contributed by atoms with E-state index in [1.807, 2.05) is 35.7 Å². The molecule has 9 heteroatoms. The molecule has 0 saturated carbocycles. The minimum absolute atomic E-state index is 0.123. The van der Waals surface area contributed by atoms with Crippen molar-refractivity contribution in [2.45, 2.75) is 0 Å². The number of thiazole rings is 1. The number of hydrogen-bond acceptors (Lipinski definition) is 7. The van der Waals surface area contributed by atoms with Gasteiger partial charge in [-0.15, -0.1) is 11.3 Å². The van der Waals surface area contributed by atoms with E-state index in [0.29, 0.717) is 11.4 Å². The van der Waals surface area contributed by atoms with Crippen LogP contribution in [0.4, 0.5) is 17.1 Å². The lowest BCUT2D eigenvalue weighted by atomic mass is 10.1. The lowest BCUT2D eigenvalue weighted by Crippen LogP contribution is -2.15. The number of carbonyl (C=O) groups excluding carboxylic acids is 1. The molecule has 0 unspecified atom stereocenters. The van der Waals surface area contributed by atoms with Crippen LogP contribution >= 0.6 is 11.3 Å². The first-order valence-electron chi connectivity index (χ1n) is 9.66. The van der Waals surface area contributed by atoms with Crippen molar-refractivity contribution in [2.24, 2.45) is 0 Å². The Labute approximate surface area is 188 Å². The predicted molar refractivity (Wildman–Crippen MR) is 126 cm³/mol. The standard InChI is InChI=1S/C23H19N5O3S/c1-27(2)20-7-6-17(13-21(20)28(30)31)22(29)25-18-5-3-4-16(12-18)19-14-32-23(26-19)15-8-10-24-11-9-15/h3-14H,1-2H3,(H,25,29). The summed E-state index contributed by atoms with van der Waals surface area (Å²) in [6, 6.07) is 15.6. The Hall–Kier alpha value is -4.11. The van der Waals surface area contributed by atoms with E-state index in [1.54, 1.807) is 49.6 Å². The zero-order chi connectivity index (χ0) is 22.7. The topological polar surface area (TPSA) is 101 Å². The first-order chi connectivity index (χ1) is 15.4. The van der Waals surface area contributed by atoms with Crippen molar-refractivity contribution in [3.05, 3.63) is 88.0 Å². The molecule has 0 bridgehead atoms. The van der Waals surface area contributed by atoms with Gasteiger partial charge in [-0.2, -0.15) is 0 Å². The van der Waals surface area contributed by atoms with Gasteiger partial charge in [0.15, 0.2) is 0 Å². The van der Waals surface area contributed by atoms with Crippen LogP contribution in [0.5, 0.6) is 0 Å². The number of rotatable bonds is 6. The number of nitrogens with one attached hydrogen (secondary N) is 1. The Kier molecular flexibility index (Phi) is 5.91. The number of nitro groups is 1. The van der Waals surface area contributed by atoms with E-state index in [2.05, 4.69) is 15.3 Å². The Morgan fingerprint density at radius 2 is 1.84 bits per heavy atom. The second-order valence-electron chi connectivity index (χ2n) is 7.16. The summed E-state index contributed by atoms with van der Waals surface area (Å²) >= 11 is 1.53. The van der Waals surface area contributed by atoms with Gasteiger partial charge in [-0.1, -0.05) is 12.1 Å². The van der Waals surface area contributed by atoms with Crippen LogP contribution in [-0.4, -0.2) is 34.9 Å². The Morgan fingerprint density at radius 1 is 1.06 bits per heavy atom. The maximum atomic E-state index is 12.7. The molecule has 8 nitrogen and oxygen atoms in total. The third kappa shape index (κ3) is 4.47. The molecule has 2 aromatic heterocycles. The van der Waals surface area contributed by atoms with Gasteiger partial charge in [0.25, 0.3) is 11.6 Å². The van der Waals surface area contributed by atoms with Crippen molar-refractivity contribution in [1.29, 1.82) is 0 Å². The molecule has 1 N–H and O–H groups in total. The molecular formula is C23H19N5O3S. The number of anilines is 2. The van der Waals surface area contributed by atoms with E-state index in [-0.39, 0.29) is 11.3 Å². The zero-order valence-corrected chi connectivity index (χ0v) is 18.2. The first-order valence-corrected chi connectivity index (χ1v) is 10.5. The third-order valence-electron chi connectivity index (χ3n) is 4.76. The Morgan fingerprint density at radius 3 is 2.56 bits per heavy atom. The number of benzene rings is 2. The minimum atomic E-state index is -0.491. The van der Waals surface area contributed by atoms with E-state index < -0.39 is 10.8 Å². The Balaban J connectivity index is 1.56. The molecule has 0 atom stereocenters. The average Bonchev–Trinajstić information content (AvgIpc) is 3.30. The van der Waals surface area contributed by atoms with E-state index in [9.17, 15) is 14.9 Å². The molecule has 0 aliphatic rings. The molecule has 0 aliphatic carbocycles. The molecule has 32 heavy (non-hydrogen) atoms. The summed E-state index contributed by atoms with van der Waals surface area (Å²) in [7, 11) is 3.43. The van der Waals surface area contributed by atoms with E-state index in [4.69, 9.17) is 0 Å². The fourth-order valence-electron chi connectivity index (χ4n) is 3.18. The van der Waals surface area contributed by atoms with Gasteiger partial charge in [0.1, 0.15) is 10.7 Å². The predicted octanol–water partition coefficient (Wildman–Crippen LogP) is 5.10. The molecule has 0 saturated heterocycles. The van der Waals surface area contributed by atoms with Gasteiger partial charge in [0.05, 0.1) is 10.6 Å². The summed E-state index contributed by atoms with van der Waals surface area (Å²) in [6.07, 6.45) is 3.45. The highest BCUT2D eigenvalue weighted by atomic mass is 32.1. The lowest BCUT2D eigenvalue weighted by Gasteiger charge is -2.13. The van der Waals surface area contributed by atoms with Crippen LogP contribution in [0.15, 0.2) is 72.4 Å². The highest BCUT2D eigenvalue weighted by Crippen LogP contribution is 2.31. The summed E-state index contributed by atoms with van der Waals surface area (Å²) in [6.45, 7) is 0. The smallest absolute Gasteiger partial charge is 0.293 e. The number of nitrogens with zero attached hydrogens (tertiary/aromatic N) is 4. The van der Waals surface area contributed by atoms with E-state index in [1.165, 1.54) is 17.4 Å².